The molecule has 24 heavy (non-hydrogen) atoms. The second-order valence-corrected chi connectivity index (χ2v) is 5.10. The third kappa shape index (κ3) is 3.65. The number of carbonyl (C=O) groups is 1. The molecule has 0 aliphatic heterocycles. The highest BCUT2D eigenvalue weighted by molar-refractivity contribution is 5.93. The fourth-order valence-corrected chi connectivity index (χ4v) is 2.21. The van der Waals surface area contributed by atoms with Crippen LogP contribution >= 0.6 is 0 Å². The van der Waals surface area contributed by atoms with Gasteiger partial charge in [-0.1, -0.05) is 19.9 Å². The normalized spacial score (nSPS) is 14.2. The monoisotopic (exact) mass is 335 g/mol. The van der Waals surface area contributed by atoms with Crippen LogP contribution in [0.3, 0.4) is 0 Å². The van der Waals surface area contributed by atoms with E-state index < -0.39 is 23.1 Å². The summed E-state index contributed by atoms with van der Waals surface area (Å²) >= 11 is 0. The Balaban J connectivity index is 0.00000100. The lowest BCUT2D eigenvalue weighted by molar-refractivity contribution is 0.0953. The Kier molecular flexibility index (Phi) is 5.40. The first-order chi connectivity index (χ1) is 11.5. The molecule has 1 amide bonds. The molecule has 6 nitrogen and oxygen atoms in total. The number of benzene rings is 1. The molecule has 1 aromatic heterocycles. The second kappa shape index (κ2) is 7.31. The quantitative estimate of drug-likeness (QED) is 0.453. The number of halogens is 2. The van der Waals surface area contributed by atoms with Crippen molar-refractivity contribution < 1.29 is 13.6 Å². The number of carbonyl (C=O) groups excluding carboxylic acids is 1. The molecule has 1 heterocycles. The molecule has 0 atom stereocenters. The number of hydrogen-bond donors (Lipinski definition) is 3. The summed E-state index contributed by atoms with van der Waals surface area (Å²) in [5.41, 5.74) is 2.35. The summed E-state index contributed by atoms with van der Waals surface area (Å²) in [5, 5.41) is 3.10. The highest BCUT2D eigenvalue weighted by atomic mass is 19.2. The summed E-state index contributed by atoms with van der Waals surface area (Å²) in [4.78, 5) is 19.4. The first kappa shape index (κ1) is 17.7. The van der Waals surface area contributed by atoms with Gasteiger partial charge in [-0.2, -0.15) is 0 Å². The fraction of sp³-hybridized carbons (Fsp3) is 0.312. The number of nitrogens with zero attached hydrogens (tertiary/aromatic N) is 2. The van der Waals surface area contributed by atoms with Crippen molar-refractivity contribution in [1.29, 1.82) is 0 Å². The van der Waals surface area contributed by atoms with Crippen LogP contribution in [0, 0.1) is 11.6 Å². The minimum Gasteiger partial charge on any atom is -0.345 e. The number of nitrogens with one attached hydrogen (secondary N) is 2. The Hall–Kier alpha value is -2.61. The van der Waals surface area contributed by atoms with Crippen LogP contribution in [-0.4, -0.2) is 15.9 Å². The molecule has 1 aromatic carbocycles. The van der Waals surface area contributed by atoms with Crippen molar-refractivity contribution in [2.45, 2.75) is 32.2 Å². The van der Waals surface area contributed by atoms with Gasteiger partial charge in [0.1, 0.15) is 0 Å². The van der Waals surface area contributed by atoms with Crippen molar-refractivity contribution >= 4 is 11.9 Å². The van der Waals surface area contributed by atoms with Crippen LogP contribution in [0.1, 0.15) is 42.6 Å². The van der Waals surface area contributed by atoms with Gasteiger partial charge >= 0.3 is 0 Å². The zero-order valence-electron chi connectivity index (χ0n) is 13.4. The molecule has 1 fully saturated rings. The number of rotatable bonds is 4. The van der Waals surface area contributed by atoms with E-state index in [1.165, 1.54) is 24.5 Å². The lowest BCUT2D eigenvalue weighted by Crippen LogP contribution is -2.30. The molecule has 128 valence electrons. The minimum atomic E-state index is -0.888. The van der Waals surface area contributed by atoms with Crippen LogP contribution in [0.15, 0.2) is 30.6 Å². The highest BCUT2D eigenvalue weighted by Gasteiger charge is 2.45. The van der Waals surface area contributed by atoms with Crippen molar-refractivity contribution in [2.24, 2.45) is 5.84 Å². The Labute approximate surface area is 138 Å². The summed E-state index contributed by atoms with van der Waals surface area (Å²) < 4.78 is 26.4. The van der Waals surface area contributed by atoms with E-state index in [2.05, 4.69) is 15.3 Å². The van der Waals surface area contributed by atoms with Crippen molar-refractivity contribution in [2.75, 3.05) is 5.32 Å². The maximum absolute atomic E-state index is 13.4. The van der Waals surface area contributed by atoms with Gasteiger partial charge in [0.05, 0.1) is 11.1 Å². The van der Waals surface area contributed by atoms with Crippen molar-refractivity contribution in [3.8, 4) is 0 Å². The zero-order chi connectivity index (χ0) is 17.7. The molecule has 0 spiro atoms. The average molecular weight is 335 g/mol. The molecule has 1 aliphatic carbocycles. The Bertz CT molecular complexity index is 717. The van der Waals surface area contributed by atoms with Gasteiger partial charge in [0, 0.05) is 12.4 Å². The number of nitrogens with two attached hydrogens (primary N) is 1. The molecule has 1 aliphatic rings. The maximum atomic E-state index is 13.4. The van der Waals surface area contributed by atoms with Gasteiger partial charge in [-0.25, -0.2) is 24.6 Å². The Morgan fingerprint density at radius 2 is 1.79 bits per heavy atom. The smallest absolute Gasteiger partial charge is 0.268 e. The summed E-state index contributed by atoms with van der Waals surface area (Å²) in [6, 6.07) is 3.81. The van der Waals surface area contributed by atoms with E-state index in [9.17, 15) is 13.6 Å². The molecule has 4 N–H and O–H groups in total. The number of anilines is 1. The van der Waals surface area contributed by atoms with Crippen molar-refractivity contribution in [3.05, 3.63) is 53.4 Å². The zero-order valence-corrected chi connectivity index (χ0v) is 13.4. The van der Waals surface area contributed by atoms with E-state index in [1.54, 1.807) is 0 Å². The largest absolute Gasteiger partial charge is 0.345 e. The molecule has 3 rings (SSSR count). The third-order valence-corrected chi connectivity index (χ3v) is 3.62. The number of hydrazine groups is 1. The van der Waals surface area contributed by atoms with Crippen LogP contribution < -0.4 is 16.6 Å². The lowest BCUT2D eigenvalue weighted by Gasteiger charge is -2.18. The molecule has 8 heteroatoms. The molecule has 0 unspecified atom stereocenters. The van der Waals surface area contributed by atoms with Gasteiger partial charge < -0.3 is 5.32 Å². The third-order valence-electron chi connectivity index (χ3n) is 3.62. The van der Waals surface area contributed by atoms with E-state index in [4.69, 9.17) is 5.84 Å². The van der Waals surface area contributed by atoms with Gasteiger partial charge in [0.2, 0.25) is 5.95 Å². The van der Waals surface area contributed by atoms with Gasteiger partial charge in [0.25, 0.3) is 5.91 Å². The summed E-state index contributed by atoms with van der Waals surface area (Å²) in [5.74, 6) is 3.06. The predicted molar refractivity (Wildman–Crippen MR) is 85.9 cm³/mol. The topological polar surface area (TPSA) is 92.9 Å². The van der Waals surface area contributed by atoms with E-state index in [-0.39, 0.29) is 5.56 Å². The number of hydrogen-bond acceptors (Lipinski definition) is 5. The summed E-state index contributed by atoms with van der Waals surface area (Å²) in [6.07, 6.45) is 4.18. The van der Waals surface area contributed by atoms with Crippen LogP contribution in [0.4, 0.5) is 14.7 Å². The summed E-state index contributed by atoms with van der Waals surface area (Å²) in [6.45, 7) is 4.00. The van der Waals surface area contributed by atoms with Crippen LogP contribution in [0.5, 0.6) is 0 Å². The SMILES string of the molecule is CC.NNC(=O)c1cnc(NC2(c3ccc(F)c(F)c3)CC2)nc1. The van der Waals surface area contributed by atoms with Gasteiger partial charge in [-0.05, 0) is 30.5 Å². The molecule has 0 bridgehead atoms. The molecule has 2 aromatic rings. The van der Waals surface area contributed by atoms with Gasteiger partial charge in [-0.15, -0.1) is 0 Å². The van der Waals surface area contributed by atoms with E-state index in [1.807, 2.05) is 19.3 Å². The van der Waals surface area contributed by atoms with E-state index in [0.29, 0.717) is 11.5 Å². The average Bonchev–Trinajstić information content (AvgIpc) is 3.39. The number of amides is 1. The lowest BCUT2D eigenvalue weighted by atomic mass is 10.0. The van der Waals surface area contributed by atoms with Crippen molar-refractivity contribution in [1.82, 2.24) is 15.4 Å². The Morgan fingerprint density at radius 1 is 1.17 bits per heavy atom. The van der Waals surface area contributed by atoms with Crippen LogP contribution in [0.25, 0.3) is 0 Å². The molecular formula is C16H19F2N5O. The van der Waals surface area contributed by atoms with Gasteiger partial charge in [-0.3, -0.25) is 10.2 Å². The van der Waals surface area contributed by atoms with Gasteiger partial charge in [0.15, 0.2) is 11.6 Å². The predicted octanol–water partition coefficient (Wildman–Crippen LogP) is 2.49. The molecule has 0 saturated heterocycles. The maximum Gasteiger partial charge on any atom is 0.268 e. The standard InChI is InChI=1S/C14H13F2N5O.C2H6/c15-10-2-1-9(5-11(10)16)14(3-4-14)20-13-18-6-8(7-19-13)12(22)21-17;1-2/h1-2,5-7H,3-4,17H2,(H,21,22)(H,18,19,20);1-2H3. The number of nitrogen functional groups attached to an aromatic ring is 1. The number of aromatic nitrogens is 2. The highest BCUT2D eigenvalue weighted by Crippen LogP contribution is 2.47. The Morgan fingerprint density at radius 3 is 2.29 bits per heavy atom. The fourth-order valence-electron chi connectivity index (χ4n) is 2.21. The second-order valence-electron chi connectivity index (χ2n) is 5.10. The first-order valence-corrected chi connectivity index (χ1v) is 7.61. The van der Waals surface area contributed by atoms with Crippen LogP contribution in [0.2, 0.25) is 0 Å². The van der Waals surface area contributed by atoms with E-state index in [0.717, 1.165) is 18.9 Å². The van der Waals surface area contributed by atoms with E-state index >= 15 is 0 Å². The first-order valence-electron chi connectivity index (χ1n) is 7.61. The summed E-state index contributed by atoms with van der Waals surface area (Å²) in [7, 11) is 0. The minimum absolute atomic E-state index is 0.228. The van der Waals surface area contributed by atoms with Crippen LogP contribution in [-0.2, 0) is 5.54 Å². The molecular weight excluding hydrogens is 316 g/mol. The molecule has 1 saturated carbocycles. The van der Waals surface area contributed by atoms with Crippen molar-refractivity contribution in [3.63, 3.8) is 0 Å². The molecule has 0 radical (unpaired) electrons.